The molecule has 1 heterocycles. The van der Waals surface area contributed by atoms with E-state index in [2.05, 4.69) is 31.0 Å². The molecule has 5 heteroatoms. The zero-order chi connectivity index (χ0) is 10.1. The summed E-state index contributed by atoms with van der Waals surface area (Å²) in [5.74, 6) is 0.594. The molecule has 0 aliphatic carbocycles. The highest BCUT2D eigenvalue weighted by Crippen LogP contribution is 2.21. The van der Waals surface area contributed by atoms with Crippen LogP contribution in [0.2, 0.25) is 0 Å². The fraction of sp³-hybridized carbons (Fsp3) is 0.750. The Morgan fingerprint density at radius 3 is 2.69 bits per heavy atom. The van der Waals surface area contributed by atoms with Crippen LogP contribution in [0.4, 0.5) is 0 Å². The van der Waals surface area contributed by atoms with Crippen LogP contribution >= 0.6 is 12.2 Å². The second kappa shape index (κ2) is 3.59. The molecule has 1 aromatic rings. The molecule has 13 heavy (non-hydrogen) atoms. The van der Waals surface area contributed by atoms with Crippen LogP contribution in [0.15, 0.2) is 0 Å². The average Bonchev–Trinajstić information content (AvgIpc) is 2.47. The second-order valence-electron chi connectivity index (χ2n) is 3.60. The lowest BCUT2D eigenvalue weighted by Gasteiger charge is -2.25. The fourth-order valence-corrected chi connectivity index (χ4v) is 1.62. The molecule has 0 amide bonds. The van der Waals surface area contributed by atoms with E-state index in [4.69, 9.17) is 17.3 Å². The number of aliphatic hydroxyl groups excluding tert-OH is 1. The van der Waals surface area contributed by atoms with Crippen molar-refractivity contribution in [1.82, 2.24) is 14.8 Å². The topological polar surface area (TPSA) is 53.8 Å². The van der Waals surface area contributed by atoms with E-state index in [1.54, 1.807) is 0 Å². The maximum atomic E-state index is 9.04. The molecule has 74 valence electrons. The Morgan fingerprint density at radius 1 is 1.62 bits per heavy atom. The molecule has 4 nitrogen and oxygen atoms in total. The number of aromatic amines is 1. The Kier molecular flexibility index (Phi) is 2.87. The van der Waals surface area contributed by atoms with Gasteiger partial charge < -0.3 is 5.11 Å². The predicted molar refractivity (Wildman–Crippen MR) is 52.9 cm³/mol. The third kappa shape index (κ3) is 1.81. The molecule has 0 unspecified atom stereocenters. The van der Waals surface area contributed by atoms with E-state index in [1.165, 1.54) is 0 Å². The molecule has 0 aliphatic rings. The molecule has 1 aromatic heterocycles. The van der Waals surface area contributed by atoms with E-state index in [-0.39, 0.29) is 12.1 Å². The Labute approximate surface area is 82.6 Å². The summed E-state index contributed by atoms with van der Waals surface area (Å²) in [4.78, 5) is 0. The van der Waals surface area contributed by atoms with Crippen LogP contribution in [-0.2, 0) is 12.1 Å². The van der Waals surface area contributed by atoms with Crippen molar-refractivity contribution in [2.24, 2.45) is 0 Å². The van der Waals surface area contributed by atoms with E-state index in [0.717, 1.165) is 6.42 Å². The molecule has 0 radical (unpaired) electrons. The Balaban J connectivity index is 3.26. The van der Waals surface area contributed by atoms with Crippen LogP contribution in [-0.4, -0.2) is 19.9 Å². The molecule has 0 fully saturated rings. The van der Waals surface area contributed by atoms with Gasteiger partial charge in [-0.3, -0.25) is 9.67 Å². The van der Waals surface area contributed by atoms with Crippen molar-refractivity contribution in [3.8, 4) is 0 Å². The van der Waals surface area contributed by atoms with Crippen molar-refractivity contribution in [1.29, 1.82) is 0 Å². The standard InChI is InChI=1S/C8H15N3OS/c1-4-8(2,3)11-6(5-12)9-10-7(11)13/h12H,4-5H2,1-3H3,(H,10,13). The smallest absolute Gasteiger partial charge is 0.195 e. The van der Waals surface area contributed by atoms with Crippen molar-refractivity contribution < 1.29 is 5.11 Å². The van der Waals surface area contributed by atoms with Gasteiger partial charge in [0.05, 0.1) is 0 Å². The number of rotatable bonds is 3. The Bertz CT molecular complexity index is 339. The Morgan fingerprint density at radius 2 is 2.23 bits per heavy atom. The molecule has 0 aliphatic heterocycles. The van der Waals surface area contributed by atoms with Gasteiger partial charge in [-0.05, 0) is 32.5 Å². The first kappa shape index (κ1) is 10.4. The second-order valence-corrected chi connectivity index (χ2v) is 3.99. The molecule has 0 saturated carbocycles. The predicted octanol–water partition coefficient (Wildman–Crippen LogP) is 1.58. The summed E-state index contributed by atoms with van der Waals surface area (Å²) in [6.45, 7) is 6.13. The van der Waals surface area contributed by atoms with Gasteiger partial charge in [-0.15, -0.1) is 0 Å². The van der Waals surface area contributed by atoms with Crippen molar-refractivity contribution in [3.63, 3.8) is 0 Å². The lowest BCUT2D eigenvalue weighted by Crippen LogP contribution is -2.27. The fourth-order valence-electron chi connectivity index (χ4n) is 1.22. The van der Waals surface area contributed by atoms with Crippen LogP contribution < -0.4 is 0 Å². The summed E-state index contributed by atoms with van der Waals surface area (Å²) in [6, 6.07) is 0. The third-order valence-corrected chi connectivity index (χ3v) is 2.63. The van der Waals surface area contributed by atoms with Crippen LogP contribution in [0.1, 0.15) is 33.0 Å². The van der Waals surface area contributed by atoms with Crippen molar-refractivity contribution in [2.45, 2.75) is 39.3 Å². The minimum Gasteiger partial charge on any atom is -0.388 e. The van der Waals surface area contributed by atoms with E-state index in [0.29, 0.717) is 10.6 Å². The summed E-state index contributed by atoms with van der Waals surface area (Å²) in [5, 5.41) is 15.7. The SMILES string of the molecule is CCC(C)(C)n1c(CO)n[nH]c1=S. The lowest BCUT2D eigenvalue weighted by atomic mass is 10.0. The number of H-pyrrole nitrogens is 1. The third-order valence-electron chi connectivity index (χ3n) is 2.35. The average molecular weight is 201 g/mol. The molecule has 2 N–H and O–H groups in total. The van der Waals surface area contributed by atoms with Crippen LogP contribution in [0.3, 0.4) is 0 Å². The van der Waals surface area contributed by atoms with Gasteiger partial charge in [0.15, 0.2) is 10.6 Å². The van der Waals surface area contributed by atoms with E-state index >= 15 is 0 Å². The molecular weight excluding hydrogens is 186 g/mol. The van der Waals surface area contributed by atoms with Gasteiger partial charge >= 0.3 is 0 Å². The maximum Gasteiger partial charge on any atom is 0.195 e. The van der Waals surface area contributed by atoms with Crippen LogP contribution in [0.25, 0.3) is 0 Å². The van der Waals surface area contributed by atoms with Crippen molar-refractivity contribution in [2.75, 3.05) is 0 Å². The maximum absolute atomic E-state index is 9.04. The number of aromatic nitrogens is 3. The minimum absolute atomic E-state index is 0.0867. The zero-order valence-corrected chi connectivity index (χ0v) is 8.98. The molecule has 0 aromatic carbocycles. The number of hydrogen-bond donors (Lipinski definition) is 2. The highest BCUT2D eigenvalue weighted by Gasteiger charge is 2.21. The van der Waals surface area contributed by atoms with Crippen LogP contribution in [0.5, 0.6) is 0 Å². The van der Waals surface area contributed by atoms with E-state index in [9.17, 15) is 0 Å². The molecule has 1 rings (SSSR count). The summed E-state index contributed by atoms with van der Waals surface area (Å²) < 4.78 is 2.43. The lowest BCUT2D eigenvalue weighted by molar-refractivity contribution is 0.240. The largest absolute Gasteiger partial charge is 0.388 e. The number of hydrogen-bond acceptors (Lipinski definition) is 3. The van der Waals surface area contributed by atoms with Gasteiger partial charge in [-0.1, -0.05) is 6.92 Å². The zero-order valence-electron chi connectivity index (χ0n) is 8.16. The number of aliphatic hydroxyl groups is 1. The summed E-state index contributed by atoms with van der Waals surface area (Å²) in [7, 11) is 0. The molecule has 0 atom stereocenters. The summed E-state index contributed by atoms with van der Waals surface area (Å²) in [6.07, 6.45) is 0.938. The molecule has 0 spiro atoms. The van der Waals surface area contributed by atoms with Crippen molar-refractivity contribution in [3.05, 3.63) is 10.6 Å². The van der Waals surface area contributed by atoms with Gasteiger partial charge in [0.25, 0.3) is 0 Å². The minimum atomic E-state index is -0.0951. The number of nitrogens with one attached hydrogen (secondary N) is 1. The van der Waals surface area contributed by atoms with Gasteiger partial charge in [-0.25, -0.2) is 0 Å². The monoisotopic (exact) mass is 201 g/mol. The van der Waals surface area contributed by atoms with Crippen LogP contribution in [0, 0.1) is 4.77 Å². The van der Waals surface area contributed by atoms with Crippen molar-refractivity contribution >= 4 is 12.2 Å². The normalized spacial score (nSPS) is 12.0. The van der Waals surface area contributed by atoms with E-state index < -0.39 is 0 Å². The highest BCUT2D eigenvalue weighted by atomic mass is 32.1. The summed E-state index contributed by atoms with van der Waals surface area (Å²) in [5.41, 5.74) is -0.0951. The quantitative estimate of drug-likeness (QED) is 0.730. The first-order valence-corrected chi connectivity index (χ1v) is 4.71. The Hall–Kier alpha value is -0.680. The van der Waals surface area contributed by atoms with Gasteiger partial charge in [0.1, 0.15) is 6.61 Å². The summed E-state index contributed by atoms with van der Waals surface area (Å²) >= 11 is 5.09. The first-order chi connectivity index (χ1) is 6.03. The van der Waals surface area contributed by atoms with E-state index in [1.807, 2.05) is 4.57 Å². The first-order valence-electron chi connectivity index (χ1n) is 4.30. The molecular formula is C8H15N3OS. The van der Waals surface area contributed by atoms with Gasteiger partial charge in [-0.2, -0.15) is 5.10 Å². The van der Waals surface area contributed by atoms with Gasteiger partial charge in [0.2, 0.25) is 0 Å². The molecule has 0 saturated heterocycles. The molecule has 0 bridgehead atoms. The van der Waals surface area contributed by atoms with Gasteiger partial charge in [0, 0.05) is 5.54 Å². The highest BCUT2D eigenvalue weighted by molar-refractivity contribution is 7.71. The number of nitrogens with zero attached hydrogens (tertiary/aromatic N) is 2.